The maximum Gasteiger partial charge on any atom is 0.143 e. The summed E-state index contributed by atoms with van der Waals surface area (Å²) in [4.78, 5) is 0. The smallest absolute Gasteiger partial charge is 0.143 e. The largest absolute Gasteiger partial charge is 0.316 e. The lowest BCUT2D eigenvalue weighted by atomic mass is 9.79. The van der Waals surface area contributed by atoms with Gasteiger partial charge >= 0.3 is 0 Å². The Morgan fingerprint density at radius 3 is 2.52 bits per heavy atom. The third-order valence-corrected chi connectivity index (χ3v) is 4.31. The van der Waals surface area contributed by atoms with E-state index in [1.807, 2.05) is 0 Å². The number of nitrogens with one attached hydrogen (secondary N) is 1. The minimum Gasteiger partial charge on any atom is -0.316 e. The maximum atomic E-state index is 14.2. The minimum absolute atomic E-state index is 0.147. The van der Waals surface area contributed by atoms with Crippen molar-refractivity contribution in [3.05, 3.63) is 33.8 Å². The van der Waals surface area contributed by atoms with Gasteiger partial charge < -0.3 is 5.32 Å². The highest BCUT2D eigenvalue weighted by molar-refractivity contribution is 9.10. The fourth-order valence-corrected chi connectivity index (χ4v) is 3.03. The lowest BCUT2D eigenvalue weighted by molar-refractivity contribution is 0.264. The Morgan fingerprint density at radius 2 is 1.95 bits per heavy atom. The Balaban J connectivity index is 2.89. The molecule has 120 valence electrons. The topological polar surface area (TPSA) is 12.0 Å². The van der Waals surface area contributed by atoms with E-state index in [2.05, 4.69) is 48.9 Å². The van der Waals surface area contributed by atoms with Gasteiger partial charge in [0.25, 0.3) is 0 Å². The third kappa shape index (κ3) is 5.67. The molecule has 0 bridgehead atoms. The molecule has 1 atom stereocenters. The summed E-state index contributed by atoms with van der Waals surface area (Å²) < 4.78 is 28.5. The number of benzene rings is 1. The maximum absolute atomic E-state index is 14.2. The molecule has 0 aromatic heterocycles. The molecule has 0 radical (unpaired) electrons. The van der Waals surface area contributed by atoms with Crippen molar-refractivity contribution in [3.63, 3.8) is 0 Å². The summed E-state index contributed by atoms with van der Waals surface area (Å²) in [6.07, 6.45) is 2.34. The first-order chi connectivity index (χ1) is 9.79. The second kappa shape index (κ2) is 8.23. The van der Waals surface area contributed by atoms with Crippen LogP contribution >= 0.6 is 15.9 Å². The lowest BCUT2D eigenvalue weighted by Gasteiger charge is -2.31. The van der Waals surface area contributed by atoms with Crippen molar-refractivity contribution >= 4 is 15.9 Å². The van der Waals surface area contributed by atoms with Crippen LogP contribution in [0.2, 0.25) is 0 Å². The van der Waals surface area contributed by atoms with Crippen LogP contribution in [0.15, 0.2) is 16.6 Å². The minimum atomic E-state index is -0.471. The lowest BCUT2D eigenvalue weighted by Crippen LogP contribution is -2.36. The first-order valence-electron chi connectivity index (χ1n) is 7.62. The van der Waals surface area contributed by atoms with Crippen molar-refractivity contribution < 1.29 is 8.78 Å². The second-order valence-electron chi connectivity index (χ2n) is 6.58. The summed E-state index contributed by atoms with van der Waals surface area (Å²) in [7, 11) is 0. The van der Waals surface area contributed by atoms with Crippen molar-refractivity contribution in [1.29, 1.82) is 0 Å². The van der Waals surface area contributed by atoms with Gasteiger partial charge in [0.05, 0.1) is 4.47 Å². The van der Waals surface area contributed by atoms with Crippen LogP contribution in [0.4, 0.5) is 8.78 Å². The molecule has 1 aromatic carbocycles. The number of rotatable bonds is 8. The highest BCUT2D eigenvalue weighted by atomic mass is 79.9. The highest BCUT2D eigenvalue weighted by Gasteiger charge is 2.27. The quantitative estimate of drug-likeness (QED) is 0.617. The molecule has 1 N–H and O–H groups in total. The SMILES string of the molecule is CCCC(C)(CNCC(C)C)Cc1c(F)ccc(Br)c1F. The van der Waals surface area contributed by atoms with E-state index < -0.39 is 11.6 Å². The van der Waals surface area contributed by atoms with Crippen LogP contribution in [-0.2, 0) is 6.42 Å². The van der Waals surface area contributed by atoms with Crippen LogP contribution in [0.25, 0.3) is 0 Å². The van der Waals surface area contributed by atoms with Crippen LogP contribution in [0.3, 0.4) is 0 Å². The zero-order chi connectivity index (χ0) is 16.0. The van der Waals surface area contributed by atoms with Gasteiger partial charge in [-0.05, 0) is 58.8 Å². The van der Waals surface area contributed by atoms with Crippen LogP contribution < -0.4 is 5.32 Å². The van der Waals surface area contributed by atoms with Crippen molar-refractivity contribution in [1.82, 2.24) is 5.32 Å². The fraction of sp³-hybridized carbons (Fsp3) is 0.647. The summed E-state index contributed by atoms with van der Waals surface area (Å²) in [5, 5.41) is 3.43. The van der Waals surface area contributed by atoms with Gasteiger partial charge in [-0.15, -0.1) is 0 Å². The molecular weight excluding hydrogens is 336 g/mol. The number of halogens is 3. The van der Waals surface area contributed by atoms with Gasteiger partial charge in [0.1, 0.15) is 11.6 Å². The normalized spacial score (nSPS) is 14.5. The molecule has 21 heavy (non-hydrogen) atoms. The molecule has 1 aromatic rings. The van der Waals surface area contributed by atoms with Crippen molar-refractivity contribution in [2.75, 3.05) is 13.1 Å². The summed E-state index contributed by atoms with van der Waals surface area (Å²) >= 11 is 3.14. The van der Waals surface area contributed by atoms with E-state index >= 15 is 0 Å². The average molecular weight is 362 g/mol. The molecule has 0 saturated carbocycles. The van der Waals surface area contributed by atoms with E-state index in [4.69, 9.17) is 0 Å². The Labute approximate surface area is 135 Å². The molecule has 0 aliphatic heterocycles. The standard InChI is InChI=1S/C17H26BrF2N/c1-5-8-17(4,11-21-10-12(2)3)9-13-15(19)7-6-14(18)16(13)20/h6-7,12,21H,5,8-11H2,1-4H3. The van der Waals surface area contributed by atoms with Crippen molar-refractivity contribution in [3.8, 4) is 0 Å². The van der Waals surface area contributed by atoms with Crippen molar-refractivity contribution in [2.24, 2.45) is 11.3 Å². The summed E-state index contributed by atoms with van der Waals surface area (Å²) in [5.41, 5.74) is 0.0400. The van der Waals surface area contributed by atoms with Gasteiger partial charge in [0.15, 0.2) is 0 Å². The van der Waals surface area contributed by atoms with Gasteiger partial charge in [-0.1, -0.05) is 34.1 Å². The Kier molecular flexibility index (Phi) is 7.28. The second-order valence-corrected chi connectivity index (χ2v) is 7.44. The third-order valence-electron chi connectivity index (χ3n) is 3.70. The van der Waals surface area contributed by atoms with Crippen molar-refractivity contribution in [2.45, 2.75) is 47.0 Å². The molecular formula is C17H26BrF2N. The zero-order valence-corrected chi connectivity index (χ0v) is 15.0. The van der Waals surface area contributed by atoms with Gasteiger partial charge in [0, 0.05) is 12.1 Å². The molecule has 0 aliphatic carbocycles. The van der Waals surface area contributed by atoms with Crippen LogP contribution in [-0.4, -0.2) is 13.1 Å². The van der Waals surface area contributed by atoms with Gasteiger partial charge in [-0.2, -0.15) is 0 Å². The fourth-order valence-electron chi connectivity index (χ4n) is 2.66. The van der Waals surface area contributed by atoms with Gasteiger partial charge in [-0.25, -0.2) is 8.78 Å². The Hall–Kier alpha value is -0.480. The first-order valence-corrected chi connectivity index (χ1v) is 8.41. The molecule has 4 heteroatoms. The van der Waals surface area contributed by atoms with Gasteiger partial charge in [0.2, 0.25) is 0 Å². The molecule has 0 spiro atoms. The molecule has 1 rings (SSSR count). The Bertz CT molecular complexity index is 462. The summed E-state index contributed by atoms with van der Waals surface area (Å²) in [5.74, 6) is -0.363. The predicted molar refractivity (Wildman–Crippen MR) is 88.5 cm³/mol. The van der Waals surface area contributed by atoms with Crippen LogP contribution in [0, 0.1) is 23.0 Å². The van der Waals surface area contributed by atoms with E-state index in [1.165, 1.54) is 12.1 Å². The predicted octanol–water partition coefficient (Wildman–Crippen LogP) is 5.32. The van der Waals surface area contributed by atoms with E-state index in [0.717, 1.165) is 25.9 Å². The first kappa shape index (κ1) is 18.6. The van der Waals surface area contributed by atoms with E-state index in [1.54, 1.807) is 0 Å². The molecule has 0 fully saturated rings. The molecule has 0 saturated heterocycles. The molecule has 1 nitrogen and oxygen atoms in total. The molecule has 0 amide bonds. The number of hydrogen-bond donors (Lipinski definition) is 1. The van der Waals surface area contributed by atoms with E-state index in [0.29, 0.717) is 16.8 Å². The molecule has 0 aliphatic rings. The zero-order valence-electron chi connectivity index (χ0n) is 13.4. The average Bonchev–Trinajstić information content (AvgIpc) is 2.39. The molecule has 1 unspecified atom stereocenters. The summed E-state index contributed by atoms with van der Waals surface area (Å²) in [6.45, 7) is 10.2. The van der Waals surface area contributed by atoms with Crippen LogP contribution in [0.1, 0.15) is 46.1 Å². The molecule has 0 heterocycles. The van der Waals surface area contributed by atoms with E-state index in [-0.39, 0.29) is 11.0 Å². The number of hydrogen-bond acceptors (Lipinski definition) is 1. The Morgan fingerprint density at radius 1 is 1.29 bits per heavy atom. The summed E-state index contributed by atoms with van der Waals surface area (Å²) in [6, 6.07) is 2.75. The van der Waals surface area contributed by atoms with Crippen LogP contribution in [0.5, 0.6) is 0 Å². The highest BCUT2D eigenvalue weighted by Crippen LogP contribution is 2.32. The monoisotopic (exact) mass is 361 g/mol. The van der Waals surface area contributed by atoms with Gasteiger partial charge in [-0.3, -0.25) is 0 Å². The van der Waals surface area contributed by atoms with E-state index in [9.17, 15) is 8.78 Å².